The number of hydrogen-bond acceptors (Lipinski definition) is 4. The lowest BCUT2D eigenvalue weighted by molar-refractivity contribution is -0.175. The second kappa shape index (κ2) is 6.42. The Balaban J connectivity index is 2.38. The van der Waals surface area contributed by atoms with Crippen molar-refractivity contribution in [3.8, 4) is 0 Å². The molecule has 0 spiro atoms. The first kappa shape index (κ1) is 16.0. The lowest BCUT2D eigenvalue weighted by atomic mass is 10.2. The summed E-state index contributed by atoms with van der Waals surface area (Å²) in [4.78, 5) is 21.9. The summed E-state index contributed by atoms with van der Waals surface area (Å²) in [7, 11) is 0. The van der Waals surface area contributed by atoms with Gasteiger partial charge in [0.25, 0.3) is 0 Å². The number of carboxylic acid groups (broad SMARTS) is 1. The number of rotatable bonds is 6. The minimum absolute atomic E-state index is 0.0393. The second-order valence-electron chi connectivity index (χ2n) is 3.87. The highest BCUT2D eigenvalue weighted by Gasteiger charge is 2.27. The van der Waals surface area contributed by atoms with E-state index in [1.807, 2.05) is 0 Å². The van der Waals surface area contributed by atoms with Crippen LogP contribution in [0.5, 0.6) is 0 Å². The molecule has 0 atom stereocenters. The molecule has 0 unspecified atom stereocenters. The van der Waals surface area contributed by atoms with E-state index in [0.717, 1.165) is 0 Å². The van der Waals surface area contributed by atoms with Crippen LogP contribution in [0.15, 0.2) is 10.5 Å². The van der Waals surface area contributed by atoms with Gasteiger partial charge in [-0.25, -0.2) is 4.79 Å². The summed E-state index contributed by atoms with van der Waals surface area (Å²) >= 11 is 0. The normalized spacial score (nSPS) is 11.4. The first-order valence-corrected chi connectivity index (χ1v) is 5.43. The number of ether oxygens (including phenoxy) is 1. The Bertz CT molecular complexity index is 495. The quantitative estimate of drug-likeness (QED) is 0.830. The Morgan fingerprint density at radius 1 is 1.45 bits per heavy atom. The van der Waals surface area contributed by atoms with Crippen LogP contribution < -0.4 is 5.32 Å². The van der Waals surface area contributed by atoms with Crippen LogP contribution in [0.1, 0.15) is 21.9 Å². The molecule has 0 saturated heterocycles. The van der Waals surface area contributed by atoms with E-state index in [2.05, 4.69) is 10.1 Å². The first-order valence-electron chi connectivity index (χ1n) is 5.43. The summed E-state index contributed by atoms with van der Waals surface area (Å²) in [6.07, 6.45) is -4.49. The van der Waals surface area contributed by atoms with Gasteiger partial charge in [-0.05, 0) is 13.0 Å². The third kappa shape index (κ3) is 5.31. The number of amides is 1. The van der Waals surface area contributed by atoms with Gasteiger partial charge in [-0.3, -0.25) is 4.79 Å². The topological polar surface area (TPSA) is 88.8 Å². The van der Waals surface area contributed by atoms with E-state index in [0.29, 0.717) is 0 Å². The van der Waals surface area contributed by atoms with Gasteiger partial charge in [-0.2, -0.15) is 13.2 Å². The largest absolute Gasteiger partial charge is 0.478 e. The summed E-state index contributed by atoms with van der Waals surface area (Å²) in [6, 6.07) is 1.23. The molecule has 0 fully saturated rings. The molecule has 1 amide bonds. The molecule has 1 aromatic rings. The number of aromatic carboxylic acids is 1. The monoisotopic (exact) mass is 295 g/mol. The van der Waals surface area contributed by atoms with E-state index in [1.165, 1.54) is 13.0 Å². The van der Waals surface area contributed by atoms with Crippen molar-refractivity contribution < 1.29 is 37.0 Å². The van der Waals surface area contributed by atoms with E-state index in [1.54, 1.807) is 0 Å². The predicted octanol–water partition coefficient (Wildman–Crippen LogP) is 1.48. The highest BCUT2D eigenvalue weighted by atomic mass is 19.4. The van der Waals surface area contributed by atoms with Crippen LogP contribution in [0.3, 0.4) is 0 Å². The van der Waals surface area contributed by atoms with Crippen LogP contribution in [0.25, 0.3) is 0 Å². The molecule has 0 saturated carbocycles. The molecule has 0 radical (unpaired) electrons. The molecular formula is C11H12F3NO5. The minimum Gasteiger partial charge on any atom is -0.478 e. The van der Waals surface area contributed by atoms with E-state index < -0.39 is 31.3 Å². The SMILES string of the molecule is Cc1oc(CNC(=O)COCC(F)(F)F)cc1C(=O)O. The van der Waals surface area contributed by atoms with Crippen molar-refractivity contribution in [1.82, 2.24) is 5.32 Å². The number of carboxylic acids is 1. The summed E-state index contributed by atoms with van der Waals surface area (Å²) in [6.45, 7) is -0.946. The van der Waals surface area contributed by atoms with Gasteiger partial charge in [-0.15, -0.1) is 0 Å². The Hall–Kier alpha value is -2.03. The maximum atomic E-state index is 11.8. The van der Waals surface area contributed by atoms with E-state index in [-0.39, 0.29) is 23.6 Å². The third-order valence-electron chi connectivity index (χ3n) is 2.16. The number of aryl methyl sites for hydroxylation is 1. The Kier molecular flexibility index (Phi) is 5.14. The number of alkyl halides is 3. The van der Waals surface area contributed by atoms with Gasteiger partial charge >= 0.3 is 12.1 Å². The molecule has 2 N–H and O–H groups in total. The number of carbonyl (C=O) groups is 2. The average molecular weight is 295 g/mol. The zero-order valence-electron chi connectivity index (χ0n) is 10.4. The highest BCUT2D eigenvalue weighted by Crippen LogP contribution is 2.15. The first-order chi connectivity index (χ1) is 9.19. The van der Waals surface area contributed by atoms with Crippen molar-refractivity contribution in [2.45, 2.75) is 19.6 Å². The van der Waals surface area contributed by atoms with Gasteiger partial charge in [0, 0.05) is 0 Å². The molecule has 0 aliphatic heterocycles. The van der Waals surface area contributed by atoms with Gasteiger partial charge in [0.1, 0.15) is 30.3 Å². The van der Waals surface area contributed by atoms with Crippen LogP contribution in [-0.2, 0) is 16.1 Å². The fraction of sp³-hybridized carbons (Fsp3) is 0.455. The van der Waals surface area contributed by atoms with Crippen LogP contribution in [-0.4, -0.2) is 36.4 Å². The number of nitrogens with one attached hydrogen (secondary N) is 1. The average Bonchev–Trinajstić information content (AvgIpc) is 2.66. The molecule has 9 heteroatoms. The molecule has 1 rings (SSSR count). The van der Waals surface area contributed by atoms with Crippen LogP contribution in [0.4, 0.5) is 13.2 Å². The molecule has 0 aliphatic rings. The summed E-state index contributed by atoms with van der Waals surface area (Å²) < 4.78 is 44.5. The molecule has 0 aliphatic carbocycles. The fourth-order valence-electron chi connectivity index (χ4n) is 1.34. The zero-order valence-corrected chi connectivity index (χ0v) is 10.4. The van der Waals surface area contributed by atoms with Crippen molar-refractivity contribution in [2.24, 2.45) is 0 Å². The van der Waals surface area contributed by atoms with Crippen molar-refractivity contribution in [1.29, 1.82) is 0 Å². The van der Waals surface area contributed by atoms with Crippen molar-refractivity contribution >= 4 is 11.9 Å². The molecule has 6 nitrogen and oxygen atoms in total. The Morgan fingerprint density at radius 3 is 2.60 bits per heavy atom. The smallest absolute Gasteiger partial charge is 0.411 e. The number of halogens is 3. The maximum absolute atomic E-state index is 11.8. The van der Waals surface area contributed by atoms with E-state index in [9.17, 15) is 22.8 Å². The molecule has 0 aromatic carbocycles. The molecule has 20 heavy (non-hydrogen) atoms. The molecule has 1 aromatic heterocycles. The highest BCUT2D eigenvalue weighted by molar-refractivity contribution is 5.88. The Labute approximate surface area is 111 Å². The van der Waals surface area contributed by atoms with Crippen LogP contribution in [0, 0.1) is 6.92 Å². The van der Waals surface area contributed by atoms with E-state index in [4.69, 9.17) is 9.52 Å². The summed E-state index contributed by atoms with van der Waals surface area (Å²) in [5, 5.41) is 11.0. The van der Waals surface area contributed by atoms with Crippen molar-refractivity contribution in [3.63, 3.8) is 0 Å². The third-order valence-corrected chi connectivity index (χ3v) is 2.16. The van der Waals surface area contributed by atoms with Crippen LogP contribution >= 0.6 is 0 Å². The molecular weight excluding hydrogens is 283 g/mol. The van der Waals surface area contributed by atoms with Gasteiger partial charge in [-0.1, -0.05) is 0 Å². The lowest BCUT2D eigenvalue weighted by Crippen LogP contribution is -2.29. The number of furan rings is 1. The maximum Gasteiger partial charge on any atom is 0.411 e. The number of carbonyl (C=O) groups excluding carboxylic acids is 1. The fourth-order valence-corrected chi connectivity index (χ4v) is 1.34. The van der Waals surface area contributed by atoms with Gasteiger partial charge in [0.05, 0.1) is 6.54 Å². The van der Waals surface area contributed by atoms with Crippen LogP contribution in [0.2, 0.25) is 0 Å². The van der Waals surface area contributed by atoms with E-state index >= 15 is 0 Å². The minimum atomic E-state index is -4.49. The zero-order chi connectivity index (χ0) is 15.3. The standard InChI is InChI=1S/C11H12F3NO5/c1-6-8(10(17)18)2-7(20-6)3-15-9(16)4-19-5-11(12,13)14/h2H,3-5H2,1H3,(H,15,16)(H,17,18). The Morgan fingerprint density at radius 2 is 2.10 bits per heavy atom. The predicted molar refractivity (Wildman–Crippen MR) is 59.1 cm³/mol. The van der Waals surface area contributed by atoms with Gasteiger partial charge < -0.3 is 19.6 Å². The second-order valence-corrected chi connectivity index (χ2v) is 3.87. The summed E-state index contributed by atoms with van der Waals surface area (Å²) in [5.41, 5.74) is -0.0393. The summed E-state index contributed by atoms with van der Waals surface area (Å²) in [5.74, 6) is -1.57. The lowest BCUT2D eigenvalue weighted by Gasteiger charge is -2.07. The molecule has 0 bridgehead atoms. The molecule has 112 valence electrons. The van der Waals surface area contributed by atoms with Gasteiger partial charge in [0.15, 0.2) is 0 Å². The number of hydrogen-bond donors (Lipinski definition) is 2. The van der Waals surface area contributed by atoms with Crippen molar-refractivity contribution in [2.75, 3.05) is 13.2 Å². The van der Waals surface area contributed by atoms with Gasteiger partial charge in [0.2, 0.25) is 5.91 Å². The van der Waals surface area contributed by atoms with Crippen molar-refractivity contribution in [3.05, 3.63) is 23.2 Å². The molecule has 1 heterocycles.